The van der Waals surface area contributed by atoms with Crippen LogP contribution < -0.4 is 9.47 Å². The fraction of sp³-hybridized carbons (Fsp3) is 0.364. The summed E-state index contributed by atoms with van der Waals surface area (Å²) in [6.45, 7) is 0.450. The number of amides is 1. The molecule has 1 spiro atoms. The molecule has 0 radical (unpaired) electrons. The average Bonchev–Trinajstić information content (AvgIpc) is 3.41. The van der Waals surface area contributed by atoms with Crippen molar-refractivity contribution in [3.8, 4) is 11.5 Å². The van der Waals surface area contributed by atoms with E-state index < -0.39 is 28.5 Å². The normalized spacial score (nSPS) is 18.6. The number of nitro benzene ring substituents is 1. The molecule has 1 saturated carbocycles. The molecule has 9 heteroatoms. The average molecular weight is 426 g/mol. The third-order valence-electron chi connectivity index (χ3n) is 5.96. The van der Waals surface area contributed by atoms with E-state index in [1.165, 1.54) is 18.1 Å². The number of ether oxygens (including phenoxy) is 2. The van der Waals surface area contributed by atoms with Gasteiger partial charge >= 0.3 is 5.97 Å². The predicted octanol–water partition coefficient (Wildman–Crippen LogP) is 3.26. The van der Waals surface area contributed by atoms with Gasteiger partial charge in [-0.1, -0.05) is 30.3 Å². The molecular weight excluding hydrogens is 404 g/mol. The molecule has 1 atom stereocenters. The summed E-state index contributed by atoms with van der Waals surface area (Å²) in [5.74, 6) is -1.49. The number of carbonyl (C=O) groups excluding carboxylic acids is 1. The van der Waals surface area contributed by atoms with Crippen LogP contribution in [0.4, 0.5) is 5.69 Å². The lowest BCUT2D eigenvalue weighted by Gasteiger charge is -2.22. The Hall–Kier alpha value is -3.62. The van der Waals surface area contributed by atoms with Gasteiger partial charge in [-0.25, -0.2) is 4.79 Å². The summed E-state index contributed by atoms with van der Waals surface area (Å²) < 4.78 is 11.0. The van der Waals surface area contributed by atoms with Gasteiger partial charge in [0.15, 0.2) is 11.5 Å². The molecule has 4 rings (SSSR count). The zero-order chi connectivity index (χ0) is 22.2. The van der Waals surface area contributed by atoms with Crippen LogP contribution in [0.1, 0.15) is 35.2 Å². The maximum atomic E-state index is 13.2. The van der Waals surface area contributed by atoms with E-state index in [4.69, 9.17) is 9.47 Å². The van der Waals surface area contributed by atoms with E-state index in [0.717, 1.165) is 24.5 Å². The van der Waals surface area contributed by atoms with Crippen molar-refractivity contribution in [1.82, 2.24) is 4.90 Å². The minimum Gasteiger partial charge on any atom is -0.493 e. The Kier molecular flexibility index (Phi) is 5.26. The summed E-state index contributed by atoms with van der Waals surface area (Å²) in [7, 11) is 1.37. The molecule has 2 aromatic rings. The molecule has 31 heavy (non-hydrogen) atoms. The van der Waals surface area contributed by atoms with Crippen LogP contribution >= 0.6 is 0 Å². The molecule has 1 aliphatic heterocycles. The first-order chi connectivity index (χ1) is 14.8. The Bertz CT molecular complexity index is 1030. The smallest absolute Gasteiger partial charge is 0.326 e. The first-order valence-corrected chi connectivity index (χ1v) is 9.90. The number of hydrogen-bond donors (Lipinski definition) is 1. The molecule has 0 unspecified atom stereocenters. The van der Waals surface area contributed by atoms with Gasteiger partial charge in [-0.05, 0) is 30.2 Å². The largest absolute Gasteiger partial charge is 0.493 e. The first kappa shape index (κ1) is 20.6. The van der Waals surface area contributed by atoms with Crippen LogP contribution in [0.3, 0.4) is 0 Å². The molecule has 1 heterocycles. The van der Waals surface area contributed by atoms with Gasteiger partial charge in [0.2, 0.25) is 0 Å². The highest BCUT2D eigenvalue weighted by Gasteiger charge is 2.55. The van der Waals surface area contributed by atoms with Crippen molar-refractivity contribution in [3.05, 3.63) is 63.7 Å². The van der Waals surface area contributed by atoms with E-state index >= 15 is 0 Å². The molecule has 1 N–H and O–H groups in total. The van der Waals surface area contributed by atoms with Gasteiger partial charge in [-0.15, -0.1) is 0 Å². The molecule has 1 amide bonds. The van der Waals surface area contributed by atoms with Gasteiger partial charge in [-0.2, -0.15) is 0 Å². The number of carboxylic acids is 1. The molecule has 9 nitrogen and oxygen atoms in total. The summed E-state index contributed by atoms with van der Waals surface area (Å²) in [4.78, 5) is 37.2. The van der Waals surface area contributed by atoms with Gasteiger partial charge in [0.1, 0.15) is 18.2 Å². The highest BCUT2D eigenvalue weighted by molar-refractivity contribution is 6.01. The van der Waals surface area contributed by atoms with Crippen molar-refractivity contribution < 1.29 is 29.1 Å². The minimum atomic E-state index is -1.10. The molecule has 2 aliphatic rings. The lowest BCUT2D eigenvalue weighted by molar-refractivity contribution is -0.385. The SMILES string of the molecule is COc1cc(C(=O)N2CC3(CC3)C[C@H]2C(=O)O)c([N+](=O)[O-])cc1OCc1ccccc1. The Morgan fingerprint density at radius 3 is 2.52 bits per heavy atom. The number of nitrogens with zero attached hydrogens (tertiary/aromatic N) is 2. The zero-order valence-corrected chi connectivity index (χ0v) is 16.9. The van der Waals surface area contributed by atoms with Gasteiger partial charge in [-0.3, -0.25) is 14.9 Å². The standard InChI is InChI=1S/C22H22N2O7/c1-30-18-9-15(20(25)23-13-22(7-8-22)11-17(23)21(26)27)16(24(28)29)10-19(18)31-12-14-5-3-2-4-6-14/h2-6,9-10,17H,7-8,11-13H2,1H3,(H,26,27)/t17-/m0/s1. The van der Waals surface area contributed by atoms with Crippen LogP contribution in [0.2, 0.25) is 0 Å². The third-order valence-corrected chi connectivity index (χ3v) is 5.96. The molecule has 0 aromatic heterocycles. The minimum absolute atomic E-state index is 0.129. The van der Waals surface area contributed by atoms with Crippen LogP contribution in [-0.2, 0) is 11.4 Å². The summed E-state index contributed by atoms with van der Waals surface area (Å²) >= 11 is 0. The van der Waals surface area contributed by atoms with Gasteiger partial charge in [0.05, 0.1) is 18.1 Å². The number of aliphatic carboxylic acids is 1. The number of nitro groups is 1. The van der Waals surface area contributed by atoms with Crippen LogP contribution in [0.5, 0.6) is 11.5 Å². The zero-order valence-electron chi connectivity index (χ0n) is 16.9. The number of hydrogen-bond acceptors (Lipinski definition) is 6. The monoisotopic (exact) mass is 426 g/mol. The van der Waals surface area contributed by atoms with E-state index in [1.54, 1.807) is 0 Å². The van der Waals surface area contributed by atoms with Crippen LogP contribution in [0.25, 0.3) is 0 Å². The summed E-state index contributed by atoms with van der Waals surface area (Å²) in [6.07, 6.45) is 2.09. The number of benzene rings is 2. The molecular formula is C22H22N2O7. The second-order valence-electron chi connectivity index (χ2n) is 8.04. The number of carboxylic acid groups (broad SMARTS) is 1. The Morgan fingerprint density at radius 2 is 1.94 bits per heavy atom. The lowest BCUT2D eigenvalue weighted by Crippen LogP contribution is -2.40. The van der Waals surface area contributed by atoms with Crippen molar-refractivity contribution in [2.45, 2.75) is 31.9 Å². The van der Waals surface area contributed by atoms with Crippen molar-refractivity contribution in [2.75, 3.05) is 13.7 Å². The van der Waals surface area contributed by atoms with Crippen molar-refractivity contribution in [2.24, 2.45) is 5.41 Å². The van der Waals surface area contributed by atoms with Gasteiger partial charge < -0.3 is 19.5 Å². The fourth-order valence-corrected chi connectivity index (χ4v) is 4.06. The first-order valence-electron chi connectivity index (χ1n) is 9.90. The third kappa shape index (κ3) is 4.03. The number of methoxy groups -OCH3 is 1. The molecule has 1 aliphatic carbocycles. The fourth-order valence-electron chi connectivity index (χ4n) is 4.06. The second kappa shape index (κ2) is 7.90. The second-order valence-corrected chi connectivity index (χ2v) is 8.04. The van der Waals surface area contributed by atoms with E-state index in [0.29, 0.717) is 6.42 Å². The Morgan fingerprint density at radius 1 is 1.23 bits per heavy atom. The van der Waals surface area contributed by atoms with Gasteiger partial charge in [0.25, 0.3) is 11.6 Å². The molecule has 162 valence electrons. The molecule has 0 bridgehead atoms. The van der Waals surface area contributed by atoms with Crippen LogP contribution in [-0.4, -0.2) is 46.5 Å². The maximum absolute atomic E-state index is 13.2. The number of carbonyl (C=O) groups is 2. The summed E-state index contributed by atoms with van der Waals surface area (Å²) in [5, 5.41) is 21.3. The van der Waals surface area contributed by atoms with Crippen molar-refractivity contribution in [1.29, 1.82) is 0 Å². The highest BCUT2D eigenvalue weighted by Crippen LogP contribution is 2.55. The Labute approximate surface area is 178 Å². The van der Waals surface area contributed by atoms with Crippen LogP contribution in [0.15, 0.2) is 42.5 Å². The van der Waals surface area contributed by atoms with E-state index in [1.807, 2.05) is 30.3 Å². The molecule has 2 aromatic carbocycles. The van der Waals surface area contributed by atoms with E-state index in [2.05, 4.69) is 0 Å². The lowest BCUT2D eigenvalue weighted by atomic mass is 10.0. The molecule has 2 fully saturated rings. The number of likely N-dealkylation sites (tertiary alicyclic amines) is 1. The topological polar surface area (TPSA) is 119 Å². The van der Waals surface area contributed by atoms with Crippen LogP contribution in [0, 0.1) is 15.5 Å². The van der Waals surface area contributed by atoms with Crippen molar-refractivity contribution in [3.63, 3.8) is 0 Å². The van der Waals surface area contributed by atoms with E-state index in [-0.39, 0.29) is 35.6 Å². The predicted molar refractivity (Wildman–Crippen MR) is 109 cm³/mol. The maximum Gasteiger partial charge on any atom is 0.326 e. The quantitative estimate of drug-likeness (QED) is 0.533. The van der Waals surface area contributed by atoms with E-state index in [9.17, 15) is 24.8 Å². The summed E-state index contributed by atoms with van der Waals surface area (Å²) in [6, 6.07) is 10.7. The van der Waals surface area contributed by atoms with Crippen molar-refractivity contribution >= 4 is 17.6 Å². The van der Waals surface area contributed by atoms with Gasteiger partial charge in [0, 0.05) is 12.6 Å². The molecule has 1 saturated heterocycles. The Balaban J connectivity index is 1.66. The highest BCUT2D eigenvalue weighted by atomic mass is 16.6. The number of rotatable bonds is 7. The summed E-state index contributed by atoms with van der Waals surface area (Å²) in [5.41, 5.74) is 0.0344.